The highest BCUT2D eigenvalue weighted by Crippen LogP contribution is 2.57. The molecule has 4 atom stereocenters. The third kappa shape index (κ3) is 2.21. The molecular weight excluding hydrogens is 356 g/mol. The SMILES string of the molecule is CC(=O)Nc1ccc(N2C(=O)[C@@H]3[C@@H](C2=O)[C@H]2CC(=O)[C@@H]3c3ccccc32)cc1. The van der Waals surface area contributed by atoms with Gasteiger partial charge in [-0.05, 0) is 35.4 Å². The molecule has 1 heterocycles. The van der Waals surface area contributed by atoms with Crippen molar-refractivity contribution >= 4 is 34.9 Å². The Morgan fingerprint density at radius 2 is 1.57 bits per heavy atom. The second-order valence-electron chi connectivity index (χ2n) is 7.68. The molecule has 28 heavy (non-hydrogen) atoms. The molecule has 6 rings (SSSR count). The van der Waals surface area contributed by atoms with Crippen molar-refractivity contribution in [1.82, 2.24) is 0 Å². The molecule has 3 amide bonds. The smallest absolute Gasteiger partial charge is 0.238 e. The van der Waals surface area contributed by atoms with Crippen LogP contribution in [-0.4, -0.2) is 23.5 Å². The number of ketones is 1. The number of carbonyl (C=O) groups excluding carboxylic acids is 4. The highest BCUT2D eigenvalue weighted by molar-refractivity contribution is 6.24. The number of Topliss-reactive ketones (excluding diaryl/α,β-unsaturated/α-hetero) is 1. The predicted octanol–water partition coefficient (Wildman–Crippen LogP) is 2.60. The Morgan fingerprint density at radius 3 is 2.25 bits per heavy atom. The van der Waals surface area contributed by atoms with E-state index in [0.29, 0.717) is 17.8 Å². The van der Waals surface area contributed by atoms with Gasteiger partial charge in [0.2, 0.25) is 17.7 Å². The lowest BCUT2D eigenvalue weighted by Gasteiger charge is -2.43. The number of rotatable bonds is 2. The van der Waals surface area contributed by atoms with Crippen LogP contribution >= 0.6 is 0 Å². The van der Waals surface area contributed by atoms with Crippen LogP contribution in [0.1, 0.15) is 36.3 Å². The van der Waals surface area contributed by atoms with Gasteiger partial charge in [-0.1, -0.05) is 24.3 Å². The molecule has 1 aliphatic heterocycles. The van der Waals surface area contributed by atoms with Crippen molar-refractivity contribution in [1.29, 1.82) is 0 Å². The summed E-state index contributed by atoms with van der Waals surface area (Å²) in [7, 11) is 0. The number of anilines is 2. The van der Waals surface area contributed by atoms with E-state index in [4.69, 9.17) is 0 Å². The highest BCUT2D eigenvalue weighted by Gasteiger charge is 2.62. The van der Waals surface area contributed by atoms with Gasteiger partial charge in [0, 0.05) is 24.9 Å². The first-order valence-electron chi connectivity index (χ1n) is 9.34. The van der Waals surface area contributed by atoms with Crippen LogP contribution in [0.25, 0.3) is 0 Å². The largest absolute Gasteiger partial charge is 0.326 e. The van der Waals surface area contributed by atoms with Gasteiger partial charge < -0.3 is 5.32 Å². The topological polar surface area (TPSA) is 83.6 Å². The first-order chi connectivity index (χ1) is 13.5. The summed E-state index contributed by atoms with van der Waals surface area (Å²) in [5.74, 6) is -2.57. The zero-order chi connectivity index (χ0) is 19.6. The maximum Gasteiger partial charge on any atom is 0.238 e. The fourth-order valence-corrected chi connectivity index (χ4v) is 5.11. The van der Waals surface area contributed by atoms with Gasteiger partial charge in [0.05, 0.1) is 23.4 Å². The summed E-state index contributed by atoms with van der Waals surface area (Å²) < 4.78 is 0. The number of imide groups is 1. The molecule has 0 spiro atoms. The van der Waals surface area contributed by atoms with Crippen LogP contribution in [0.5, 0.6) is 0 Å². The third-order valence-electron chi connectivity index (χ3n) is 6.13. The van der Waals surface area contributed by atoms with E-state index in [1.807, 2.05) is 24.3 Å². The Kier molecular flexibility index (Phi) is 3.53. The summed E-state index contributed by atoms with van der Waals surface area (Å²) in [5.41, 5.74) is 2.98. The van der Waals surface area contributed by atoms with Crippen LogP contribution in [0, 0.1) is 11.8 Å². The van der Waals surface area contributed by atoms with Crippen LogP contribution in [0.3, 0.4) is 0 Å². The van der Waals surface area contributed by atoms with Gasteiger partial charge in [0.25, 0.3) is 0 Å². The van der Waals surface area contributed by atoms with Crippen LogP contribution in [0.4, 0.5) is 11.4 Å². The number of nitrogens with one attached hydrogen (secondary N) is 1. The Bertz CT molecular complexity index is 1040. The fourth-order valence-electron chi connectivity index (χ4n) is 5.11. The van der Waals surface area contributed by atoms with Gasteiger partial charge in [-0.3, -0.25) is 24.1 Å². The fraction of sp³-hybridized carbons (Fsp3) is 0.273. The van der Waals surface area contributed by atoms with E-state index < -0.39 is 17.8 Å². The molecule has 4 aliphatic rings. The number of hydrogen-bond donors (Lipinski definition) is 1. The molecule has 2 bridgehead atoms. The Balaban J connectivity index is 1.54. The normalized spacial score (nSPS) is 27.6. The van der Waals surface area contributed by atoms with Crippen molar-refractivity contribution in [3.63, 3.8) is 0 Å². The quantitative estimate of drug-likeness (QED) is 0.819. The Labute approximate surface area is 161 Å². The summed E-state index contributed by atoms with van der Waals surface area (Å²) in [6.45, 7) is 1.41. The second kappa shape index (κ2) is 5.86. The first-order valence-corrected chi connectivity index (χ1v) is 9.34. The van der Waals surface area contributed by atoms with E-state index in [2.05, 4.69) is 5.32 Å². The monoisotopic (exact) mass is 374 g/mol. The molecule has 0 aromatic heterocycles. The molecule has 6 nitrogen and oxygen atoms in total. The van der Waals surface area contributed by atoms with Gasteiger partial charge in [0.1, 0.15) is 5.78 Å². The molecule has 0 unspecified atom stereocenters. The van der Waals surface area contributed by atoms with Gasteiger partial charge in [0.15, 0.2) is 0 Å². The average Bonchev–Trinajstić information content (AvgIpc) is 2.94. The molecule has 1 saturated carbocycles. The number of carbonyl (C=O) groups is 4. The molecule has 6 heteroatoms. The molecule has 1 N–H and O–H groups in total. The van der Waals surface area contributed by atoms with E-state index in [9.17, 15) is 19.2 Å². The number of benzene rings is 2. The summed E-state index contributed by atoms with van der Waals surface area (Å²) in [5, 5.41) is 2.66. The van der Waals surface area contributed by atoms with Crippen molar-refractivity contribution in [2.75, 3.05) is 10.2 Å². The van der Waals surface area contributed by atoms with Crippen molar-refractivity contribution in [2.45, 2.75) is 25.2 Å². The molecule has 2 aromatic rings. The summed E-state index contributed by atoms with van der Waals surface area (Å²) in [4.78, 5) is 51.6. The van der Waals surface area contributed by atoms with Crippen LogP contribution in [0.15, 0.2) is 48.5 Å². The molecule has 2 fully saturated rings. The summed E-state index contributed by atoms with van der Waals surface area (Å²) >= 11 is 0. The van der Waals surface area contributed by atoms with Gasteiger partial charge in [-0.25, -0.2) is 0 Å². The summed E-state index contributed by atoms with van der Waals surface area (Å²) in [6, 6.07) is 14.3. The maximum absolute atomic E-state index is 13.2. The van der Waals surface area contributed by atoms with E-state index >= 15 is 0 Å². The van der Waals surface area contributed by atoms with Gasteiger partial charge >= 0.3 is 0 Å². The Hall–Kier alpha value is -3.28. The number of nitrogens with zero attached hydrogens (tertiary/aromatic N) is 1. The zero-order valence-corrected chi connectivity index (χ0v) is 15.2. The summed E-state index contributed by atoms with van der Waals surface area (Å²) in [6.07, 6.45) is 0.317. The minimum atomic E-state index is -0.622. The van der Waals surface area contributed by atoms with Crippen molar-refractivity contribution in [3.05, 3.63) is 59.7 Å². The minimum absolute atomic E-state index is 0.0500. The van der Waals surface area contributed by atoms with Crippen LogP contribution in [0.2, 0.25) is 0 Å². The third-order valence-corrected chi connectivity index (χ3v) is 6.13. The maximum atomic E-state index is 13.2. The van der Waals surface area contributed by atoms with E-state index in [0.717, 1.165) is 11.1 Å². The number of hydrogen-bond acceptors (Lipinski definition) is 4. The molecular formula is C22H18N2O4. The van der Waals surface area contributed by atoms with Crippen LogP contribution in [-0.2, 0) is 19.2 Å². The van der Waals surface area contributed by atoms with Crippen molar-refractivity contribution in [2.24, 2.45) is 11.8 Å². The van der Waals surface area contributed by atoms with E-state index in [1.54, 1.807) is 24.3 Å². The second-order valence-corrected chi connectivity index (χ2v) is 7.68. The number of amides is 3. The lowest BCUT2D eigenvalue weighted by Crippen LogP contribution is -2.44. The van der Waals surface area contributed by atoms with Gasteiger partial charge in [-0.15, -0.1) is 0 Å². The highest BCUT2D eigenvalue weighted by atomic mass is 16.2. The lowest BCUT2D eigenvalue weighted by molar-refractivity contribution is -0.134. The molecule has 140 valence electrons. The van der Waals surface area contributed by atoms with E-state index in [1.165, 1.54) is 11.8 Å². The number of fused-ring (bicyclic) bond motifs is 1. The Morgan fingerprint density at radius 1 is 0.929 bits per heavy atom. The predicted molar refractivity (Wildman–Crippen MR) is 102 cm³/mol. The van der Waals surface area contributed by atoms with E-state index in [-0.39, 0.29) is 29.4 Å². The first kappa shape index (κ1) is 16.9. The molecule has 1 saturated heterocycles. The molecule has 2 aromatic carbocycles. The molecule has 3 aliphatic carbocycles. The van der Waals surface area contributed by atoms with Crippen molar-refractivity contribution < 1.29 is 19.2 Å². The lowest BCUT2D eigenvalue weighted by atomic mass is 9.56. The van der Waals surface area contributed by atoms with Gasteiger partial charge in [-0.2, -0.15) is 0 Å². The standard InChI is InChI=1S/C22H18N2O4/c1-11(25)23-12-6-8-13(9-7-12)24-21(27)19-16-10-17(26)18(20(19)22(24)28)15-5-3-2-4-14(15)16/h2-9,16,18-20H,10H2,1H3,(H,23,25)/t16-,18-,19-,20-/m0/s1. The minimum Gasteiger partial charge on any atom is -0.326 e. The van der Waals surface area contributed by atoms with Crippen LogP contribution < -0.4 is 10.2 Å². The zero-order valence-electron chi connectivity index (χ0n) is 15.2. The average molecular weight is 374 g/mol. The molecule has 0 radical (unpaired) electrons. The van der Waals surface area contributed by atoms with Crippen molar-refractivity contribution in [3.8, 4) is 0 Å².